The molecule has 1 saturated heterocycles. The average Bonchev–Trinajstić information content (AvgIpc) is 3.29. The molecule has 1 aliphatic heterocycles. The number of hydrogen-bond donors (Lipinski definition) is 0. The fourth-order valence-electron chi connectivity index (χ4n) is 4.20. The number of furan rings is 1. The minimum Gasteiger partial charge on any atom is -0.461 e. The van der Waals surface area contributed by atoms with E-state index in [1.54, 1.807) is 6.26 Å². The number of amides is 1. The number of carbonyl (C=O) groups is 1. The van der Waals surface area contributed by atoms with E-state index in [9.17, 15) is 4.79 Å². The lowest BCUT2D eigenvalue weighted by Gasteiger charge is -2.44. The first-order valence-corrected chi connectivity index (χ1v) is 10.1. The zero-order valence-electron chi connectivity index (χ0n) is 14.6. The standard InChI is InChI=1S/C18H24N4O2S/c1-21-17(15-9-5-11-24-15)19-20-18(21)25-12-16(23)22-10-4-7-13-6-2-3-8-14(13)22/h5,9,11,13-14H,2-4,6-8,10,12H2,1H3. The Bertz CT molecular complexity index is 726. The highest BCUT2D eigenvalue weighted by atomic mass is 32.2. The van der Waals surface area contributed by atoms with Crippen LogP contribution in [0.5, 0.6) is 0 Å². The molecule has 1 amide bonds. The summed E-state index contributed by atoms with van der Waals surface area (Å²) in [5.74, 6) is 2.76. The highest BCUT2D eigenvalue weighted by Crippen LogP contribution is 2.35. The number of carbonyl (C=O) groups excluding carboxylic acids is 1. The van der Waals surface area contributed by atoms with Crippen LogP contribution in [0, 0.1) is 5.92 Å². The van der Waals surface area contributed by atoms with Crippen LogP contribution in [-0.4, -0.2) is 43.9 Å². The van der Waals surface area contributed by atoms with Crippen LogP contribution in [0.25, 0.3) is 11.6 Å². The van der Waals surface area contributed by atoms with Crippen LogP contribution < -0.4 is 0 Å². The van der Waals surface area contributed by atoms with Gasteiger partial charge in [0.2, 0.25) is 5.91 Å². The highest BCUT2D eigenvalue weighted by Gasteiger charge is 2.35. The molecule has 2 atom stereocenters. The smallest absolute Gasteiger partial charge is 0.233 e. The summed E-state index contributed by atoms with van der Waals surface area (Å²) in [6, 6.07) is 4.16. The van der Waals surface area contributed by atoms with E-state index in [-0.39, 0.29) is 5.91 Å². The number of likely N-dealkylation sites (tertiary alicyclic amines) is 1. The average molecular weight is 360 g/mol. The predicted molar refractivity (Wildman–Crippen MR) is 96.1 cm³/mol. The van der Waals surface area contributed by atoms with Crippen LogP contribution in [-0.2, 0) is 11.8 Å². The Labute approximate surface area is 152 Å². The second kappa shape index (κ2) is 7.23. The van der Waals surface area contributed by atoms with E-state index in [4.69, 9.17) is 4.42 Å². The van der Waals surface area contributed by atoms with Crippen molar-refractivity contribution in [2.75, 3.05) is 12.3 Å². The van der Waals surface area contributed by atoms with Crippen molar-refractivity contribution >= 4 is 17.7 Å². The van der Waals surface area contributed by atoms with Crippen LogP contribution in [0.3, 0.4) is 0 Å². The fourth-order valence-corrected chi connectivity index (χ4v) is 5.00. The Morgan fingerprint density at radius 3 is 2.96 bits per heavy atom. The lowest BCUT2D eigenvalue weighted by atomic mass is 9.78. The number of fused-ring (bicyclic) bond motifs is 1. The second-order valence-corrected chi connectivity index (χ2v) is 7.91. The van der Waals surface area contributed by atoms with Crippen molar-refractivity contribution in [1.29, 1.82) is 0 Å². The first-order chi connectivity index (χ1) is 12.2. The van der Waals surface area contributed by atoms with Crippen molar-refractivity contribution in [1.82, 2.24) is 19.7 Å². The quantitative estimate of drug-likeness (QED) is 0.783. The molecule has 1 aliphatic carbocycles. The van der Waals surface area contributed by atoms with Gasteiger partial charge in [-0.15, -0.1) is 10.2 Å². The van der Waals surface area contributed by atoms with Crippen LogP contribution in [0.2, 0.25) is 0 Å². The van der Waals surface area contributed by atoms with E-state index in [1.807, 2.05) is 23.7 Å². The molecule has 2 unspecified atom stereocenters. The molecule has 25 heavy (non-hydrogen) atoms. The molecule has 134 valence electrons. The van der Waals surface area contributed by atoms with Gasteiger partial charge in [0.1, 0.15) is 0 Å². The first-order valence-electron chi connectivity index (χ1n) is 9.09. The summed E-state index contributed by atoms with van der Waals surface area (Å²) in [7, 11) is 1.91. The maximum atomic E-state index is 12.8. The zero-order valence-corrected chi connectivity index (χ0v) is 15.4. The molecule has 7 heteroatoms. The van der Waals surface area contributed by atoms with Gasteiger partial charge in [-0.25, -0.2) is 0 Å². The summed E-state index contributed by atoms with van der Waals surface area (Å²) < 4.78 is 7.27. The van der Waals surface area contributed by atoms with Gasteiger partial charge in [-0.05, 0) is 43.7 Å². The van der Waals surface area contributed by atoms with Gasteiger partial charge in [-0.1, -0.05) is 24.6 Å². The van der Waals surface area contributed by atoms with Gasteiger partial charge in [0.15, 0.2) is 16.7 Å². The molecular formula is C18H24N4O2S. The Morgan fingerprint density at radius 1 is 1.28 bits per heavy atom. The van der Waals surface area contributed by atoms with Crippen molar-refractivity contribution in [3.63, 3.8) is 0 Å². The number of piperidine rings is 1. The summed E-state index contributed by atoms with van der Waals surface area (Å²) in [6.45, 7) is 0.914. The predicted octanol–water partition coefficient (Wildman–Crippen LogP) is 3.35. The number of thioether (sulfide) groups is 1. The van der Waals surface area contributed by atoms with Crippen LogP contribution >= 0.6 is 11.8 Å². The molecule has 0 N–H and O–H groups in total. The van der Waals surface area contributed by atoms with E-state index in [0.29, 0.717) is 23.4 Å². The maximum Gasteiger partial charge on any atom is 0.233 e. The minimum absolute atomic E-state index is 0.240. The molecule has 1 saturated carbocycles. The van der Waals surface area contributed by atoms with E-state index < -0.39 is 0 Å². The summed E-state index contributed by atoms with van der Waals surface area (Å²) in [4.78, 5) is 14.9. The van der Waals surface area contributed by atoms with Gasteiger partial charge in [0.05, 0.1) is 12.0 Å². The van der Waals surface area contributed by atoms with Gasteiger partial charge >= 0.3 is 0 Å². The van der Waals surface area contributed by atoms with Gasteiger partial charge in [0, 0.05) is 19.6 Å². The minimum atomic E-state index is 0.240. The van der Waals surface area contributed by atoms with Gasteiger partial charge in [-0.3, -0.25) is 4.79 Å². The molecule has 2 aliphatic rings. The lowest BCUT2D eigenvalue weighted by Crippen LogP contribution is -2.50. The molecule has 4 rings (SSSR count). The molecule has 2 aromatic rings. The Balaban J connectivity index is 1.40. The van der Waals surface area contributed by atoms with Crippen molar-refractivity contribution < 1.29 is 9.21 Å². The van der Waals surface area contributed by atoms with Gasteiger partial charge in [0.25, 0.3) is 0 Å². The topological polar surface area (TPSA) is 64.2 Å². The summed E-state index contributed by atoms with van der Waals surface area (Å²) in [6.07, 6.45) is 9.10. The van der Waals surface area contributed by atoms with Crippen molar-refractivity contribution in [2.24, 2.45) is 13.0 Å². The summed E-state index contributed by atoms with van der Waals surface area (Å²) >= 11 is 1.46. The highest BCUT2D eigenvalue weighted by molar-refractivity contribution is 7.99. The molecular weight excluding hydrogens is 336 g/mol. The van der Waals surface area contributed by atoms with E-state index >= 15 is 0 Å². The monoisotopic (exact) mass is 360 g/mol. The van der Waals surface area contributed by atoms with Crippen molar-refractivity contribution in [2.45, 2.75) is 49.7 Å². The third kappa shape index (κ3) is 3.34. The molecule has 6 nitrogen and oxygen atoms in total. The van der Waals surface area contributed by atoms with E-state index in [1.165, 1.54) is 43.9 Å². The van der Waals surface area contributed by atoms with Crippen LogP contribution in [0.4, 0.5) is 0 Å². The van der Waals surface area contributed by atoms with Crippen LogP contribution in [0.15, 0.2) is 28.0 Å². The maximum absolute atomic E-state index is 12.8. The molecule has 0 bridgehead atoms. The third-order valence-corrected chi connectivity index (χ3v) is 6.47. The first kappa shape index (κ1) is 16.7. The molecule has 0 spiro atoms. The molecule has 0 aromatic carbocycles. The number of hydrogen-bond acceptors (Lipinski definition) is 5. The molecule has 2 fully saturated rings. The van der Waals surface area contributed by atoms with Crippen molar-refractivity contribution in [3.05, 3.63) is 18.4 Å². The zero-order chi connectivity index (χ0) is 17.2. The second-order valence-electron chi connectivity index (χ2n) is 6.97. The Hall–Kier alpha value is -1.76. The third-order valence-electron chi connectivity index (χ3n) is 5.46. The van der Waals surface area contributed by atoms with Gasteiger partial charge in [-0.2, -0.15) is 0 Å². The largest absolute Gasteiger partial charge is 0.461 e. The van der Waals surface area contributed by atoms with E-state index in [0.717, 1.165) is 24.0 Å². The molecule has 3 heterocycles. The molecule has 0 radical (unpaired) electrons. The number of rotatable bonds is 4. The summed E-state index contributed by atoms with van der Waals surface area (Å²) in [5, 5.41) is 9.15. The molecule has 2 aromatic heterocycles. The Kier molecular flexibility index (Phi) is 4.83. The lowest BCUT2D eigenvalue weighted by molar-refractivity contribution is -0.134. The van der Waals surface area contributed by atoms with Crippen molar-refractivity contribution in [3.8, 4) is 11.6 Å². The SMILES string of the molecule is Cn1c(SCC(=O)N2CCCC3CCCCC32)nnc1-c1ccco1. The number of aromatic nitrogens is 3. The van der Waals surface area contributed by atoms with Gasteiger partial charge < -0.3 is 13.9 Å². The Morgan fingerprint density at radius 2 is 2.12 bits per heavy atom. The van der Waals surface area contributed by atoms with E-state index in [2.05, 4.69) is 15.1 Å². The van der Waals surface area contributed by atoms with Crippen LogP contribution in [0.1, 0.15) is 38.5 Å². The normalized spacial score (nSPS) is 23.5. The fraction of sp³-hybridized carbons (Fsp3) is 0.611. The summed E-state index contributed by atoms with van der Waals surface area (Å²) in [5.41, 5.74) is 0. The number of nitrogens with zero attached hydrogens (tertiary/aromatic N) is 4.